The molecule has 0 radical (unpaired) electrons. The van der Waals surface area contributed by atoms with Gasteiger partial charge in [-0.2, -0.15) is 0 Å². The van der Waals surface area contributed by atoms with Crippen LogP contribution in [-0.2, 0) is 19.3 Å². The van der Waals surface area contributed by atoms with Crippen molar-refractivity contribution in [2.75, 3.05) is 0 Å². The minimum atomic E-state index is 0.190. The molecule has 3 aromatic heterocycles. The van der Waals surface area contributed by atoms with E-state index < -0.39 is 0 Å². The first-order chi connectivity index (χ1) is 15.2. The average molecular weight is 426 g/mol. The number of fused-ring (bicyclic) bond motifs is 1. The van der Waals surface area contributed by atoms with E-state index in [9.17, 15) is 5.11 Å². The Morgan fingerprint density at radius 3 is 2.23 bits per heavy atom. The van der Waals surface area contributed by atoms with Gasteiger partial charge in [0, 0.05) is 34.4 Å². The SMILES string of the molecule is CCc1ccc(Cc2nc3c(Cc4ccccc4)nc(-c4ccccc4)cn3c2O)s1. The second-order valence-corrected chi connectivity index (χ2v) is 8.83. The number of hydrogen-bond acceptors (Lipinski definition) is 4. The Bertz CT molecular complexity index is 1320. The van der Waals surface area contributed by atoms with Crippen LogP contribution in [0.15, 0.2) is 79.0 Å². The predicted octanol–water partition coefficient (Wildman–Crippen LogP) is 5.91. The van der Waals surface area contributed by atoms with Crippen molar-refractivity contribution in [2.45, 2.75) is 26.2 Å². The fourth-order valence-corrected chi connectivity index (χ4v) is 4.75. The third-order valence-corrected chi connectivity index (χ3v) is 6.64. The second kappa shape index (κ2) is 8.36. The summed E-state index contributed by atoms with van der Waals surface area (Å²) in [6.45, 7) is 2.16. The third kappa shape index (κ3) is 3.97. The molecule has 5 aromatic rings. The van der Waals surface area contributed by atoms with E-state index >= 15 is 0 Å². The smallest absolute Gasteiger partial charge is 0.219 e. The molecule has 1 N–H and O–H groups in total. The van der Waals surface area contributed by atoms with Gasteiger partial charge in [-0.25, -0.2) is 9.97 Å². The van der Waals surface area contributed by atoms with Crippen LogP contribution >= 0.6 is 11.3 Å². The maximum absolute atomic E-state index is 11.1. The van der Waals surface area contributed by atoms with Gasteiger partial charge >= 0.3 is 0 Å². The molecule has 0 atom stereocenters. The minimum absolute atomic E-state index is 0.190. The molecule has 5 heteroatoms. The van der Waals surface area contributed by atoms with E-state index in [4.69, 9.17) is 9.97 Å². The summed E-state index contributed by atoms with van der Waals surface area (Å²) in [5.74, 6) is 0.190. The van der Waals surface area contributed by atoms with E-state index in [0.29, 0.717) is 24.2 Å². The molecule has 31 heavy (non-hydrogen) atoms. The number of aromatic nitrogens is 3. The molecular formula is C26H23N3OS. The summed E-state index contributed by atoms with van der Waals surface area (Å²) in [4.78, 5) is 12.3. The Morgan fingerprint density at radius 2 is 1.52 bits per heavy atom. The number of thiophene rings is 1. The Balaban J connectivity index is 1.63. The first kappa shape index (κ1) is 19.5. The number of hydrogen-bond donors (Lipinski definition) is 1. The lowest BCUT2D eigenvalue weighted by Gasteiger charge is -2.08. The molecule has 0 spiro atoms. The van der Waals surface area contributed by atoms with Gasteiger partial charge in [0.1, 0.15) is 5.69 Å². The zero-order chi connectivity index (χ0) is 21.2. The van der Waals surface area contributed by atoms with E-state index in [1.54, 1.807) is 15.7 Å². The monoisotopic (exact) mass is 425 g/mol. The second-order valence-electron chi connectivity index (χ2n) is 7.58. The number of aromatic hydroxyl groups is 1. The van der Waals surface area contributed by atoms with Gasteiger partial charge in [-0.15, -0.1) is 11.3 Å². The predicted molar refractivity (Wildman–Crippen MR) is 126 cm³/mol. The largest absolute Gasteiger partial charge is 0.493 e. The number of aryl methyl sites for hydroxylation is 1. The van der Waals surface area contributed by atoms with E-state index in [2.05, 4.69) is 31.2 Å². The van der Waals surface area contributed by atoms with Gasteiger partial charge in [0.05, 0.1) is 11.4 Å². The highest BCUT2D eigenvalue weighted by molar-refractivity contribution is 7.12. The Hall–Kier alpha value is -3.44. The number of rotatable bonds is 6. The molecule has 0 aliphatic heterocycles. The van der Waals surface area contributed by atoms with Gasteiger partial charge in [-0.05, 0) is 24.1 Å². The van der Waals surface area contributed by atoms with Crippen LogP contribution in [0.4, 0.5) is 0 Å². The van der Waals surface area contributed by atoms with Crippen molar-refractivity contribution in [2.24, 2.45) is 0 Å². The van der Waals surface area contributed by atoms with Crippen LogP contribution in [-0.4, -0.2) is 19.5 Å². The van der Waals surface area contributed by atoms with E-state index in [0.717, 1.165) is 28.9 Å². The summed E-state index contributed by atoms with van der Waals surface area (Å²) in [6.07, 6.45) is 4.17. The molecule has 0 saturated heterocycles. The van der Waals surface area contributed by atoms with E-state index in [1.165, 1.54) is 9.75 Å². The standard InChI is InChI=1S/C26H23N3OS/c1-2-20-13-14-21(31-20)16-23-26(30)29-17-24(19-11-7-4-8-12-19)27-22(25(29)28-23)15-18-9-5-3-6-10-18/h3-14,17,30H,2,15-16H2,1H3. The van der Waals surface area contributed by atoms with Crippen LogP contribution in [0.1, 0.15) is 33.6 Å². The fourth-order valence-electron chi connectivity index (χ4n) is 3.79. The van der Waals surface area contributed by atoms with Gasteiger partial charge in [0.15, 0.2) is 5.65 Å². The van der Waals surface area contributed by atoms with Crippen LogP contribution in [0.3, 0.4) is 0 Å². The molecule has 0 unspecified atom stereocenters. The summed E-state index contributed by atoms with van der Waals surface area (Å²) in [5.41, 5.74) is 5.25. The zero-order valence-electron chi connectivity index (χ0n) is 17.3. The van der Waals surface area contributed by atoms with Crippen LogP contribution in [0.25, 0.3) is 16.9 Å². The highest BCUT2D eigenvalue weighted by atomic mass is 32.1. The van der Waals surface area contributed by atoms with Crippen molar-refractivity contribution < 1.29 is 5.11 Å². The van der Waals surface area contributed by atoms with Crippen molar-refractivity contribution in [3.8, 4) is 17.1 Å². The Morgan fingerprint density at radius 1 is 0.806 bits per heavy atom. The first-order valence-electron chi connectivity index (χ1n) is 10.5. The Labute approximate surface area is 185 Å². The Kier molecular flexibility index (Phi) is 5.26. The topological polar surface area (TPSA) is 50.4 Å². The van der Waals surface area contributed by atoms with E-state index in [-0.39, 0.29) is 5.88 Å². The van der Waals surface area contributed by atoms with Crippen molar-refractivity contribution in [1.29, 1.82) is 0 Å². The maximum Gasteiger partial charge on any atom is 0.219 e. The molecule has 0 bridgehead atoms. The van der Waals surface area contributed by atoms with Crippen molar-refractivity contribution in [3.05, 3.63) is 106 Å². The molecular weight excluding hydrogens is 402 g/mol. The first-order valence-corrected chi connectivity index (χ1v) is 11.3. The minimum Gasteiger partial charge on any atom is -0.493 e. The highest BCUT2D eigenvalue weighted by Gasteiger charge is 2.18. The van der Waals surface area contributed by atoms with Crippen LogP contribution in [0.2, 0.25) is 0 Å². The number of imidazole rings is 1. The molecule has 0 aliphatic carbocycles. The maximum atomic E-state index is 11.1. The summed E-state index contributed by atoms with van der Waals surface area (Å²) >= 11 is 1.78. The van der Waals surface area contributed by atoms with Gasteiger partial charge in [0.25, 0.3) is 0 Å². The molecule has 0 amide bonds. The van der Waals surface area contributed by atoms with Gasteiger partial charge in [0.2, 0.25) is 5.88 Å². The molecule has 0 saturated carbocycles. The summed E-state index contributed by atoms with van der Waals surface area (Å²) in [7, 11) is 0. The van der Waals surface area contributed by atoms with Crippen LogP contribution in [0, 0.1) is 0 Å². The quantitative estimate of drug-likeness (QED) is 0.368. The van der Waals surface area contributed by atoms with E-state index in [1.807, 2.05) is 54.7 Å². The molecule has 0 aliphatic rings. The molecule has 5 rings (SSSR count). The molecule has 0 fully saturated rings. The summed E-state index contributed by atoms with van der Waals surface area (Å²) in [6, 6.07) is 24.6. The van der Waals surface area contributed by atoms with Crippen molar-refractivity contribution in [3.63, 3.8) is 0 Å². The van der Waals surface area contributed by atoms with Crippen molar-refractivity contribution in [1.82, 2.24) is 14.4 Å². The average Bonchev–Trinajstić information content (AvgIpc) is 3.40. The third-order valence-electron chi connectivity index (χ3n) is 5.41. The lowest BCUT2D eigenvalue weighted by molar-refractivity contribution is 0.442. The van der Waals surface area contributed by atoms with Crippen LogP contribution in [0.5, 0.6) is 5.88 Å². The van der Waals surface area contributed by atoms with Crippen LogP contribution < -0.4 is 0 Å². The highest BCUT2D eigenvalue weighted by Crippen LogP contribution is 2.29. The molecule has 3 heterocycles. The van der Waals surface area contributed by atoms with Gasteiger partial charge in [-0.3, -0.25) is 4.40 Å². The van der Waals surface area contributed by atoms with Gasteiger partial charge < -0.3 is 5.11 Å². The normalized spacial score (nSPS) is 11.3. The van der Waals surface area contributed by atoms with Crippen molar-refractivity contribution >= 4 is 17.0 Å². The summed E-state index contributed by atoms with van der Waals surface area (Å²) in [5, 5.41) is 11.1. The zero-order valence-corrected chi connectivity index (χ0v) is 18.1. The lowest BCUT2D eigenvalue weighted by Crippen LogP contribution is -2.00. The number of nitrogens with zero attached hydrogens (tertiary/aromatic N) is 3. The molecule has 154 valence electrons. The molecule has 4 nitrogen and oxygen atoms in total. The summed E-state index contributed by atoms with van der Waals surface area (Å²) < 4.78 is 1.79. The van der Waals surface area contributed by atoms with Gasteiger partial charge in [-0.1, -0.05) is 67.6 Å². The lowest BCUT2D eigenvalue weighted by atomic mass is 10.1. The molecule has 2 aromatic carbocycles. The number of benzene rings is 2. The fraction of sp³-hybridized carbons (Fsp3) is 0.154.